The Bertz CT molecular complexity index is 630. The number of rotatable bonds is 2. The highest BCUT2D eigenvalue weighted by Gasteiger charge is 2.13. The fraction of sp³-hybridized carbons (Fsp3) is 0.250. The molecule has 0 aromatic carbocycles. The van der Waals surface area contributed by atoms with Gasteiger partial charge < -0.3 is 5.73 Å². The molecule has 2 rings (SSSR count). The summed E-state index contributed by atoms with van der Waals surface area (Å²) in [6.07, 6.45) is 0. The minimum atomic E-state index is 0.00868. The van der Waals surface area contributed by atoms with Gasteiger partial charge in [-0.05, 0) is 32.9 Å². The van der Waals surface area contributed by atoms with Crippen molar-refractivity contribution in [2.75, 3.05) is 0 Å². The third-order valence-corrected chi connectivity index (χ3v) is 3.22. The molecular formula is C12H14ClN5. The second kappa shape index (κ2) is 4.42. The standard InChI is InChI=1S/C12H14ClN5/c1-6-4-9(12(14)15)5-10(16-6)18-8(3)11(13)7(2)17-18/h4-5H,1-3H3,(H3,14,15). The molecule has 0 atom stereocenters. The molecule has 0 unspecified atom stereocenters. The summed E-state index contributed by atoms with van der Waals surface area (Å²) in [7, 11) is 0. The van der Waals surface area contributed by atoms with E-state index < -0.39 is 0 Å². The van der Waals surface area contributed by atoms with Crippen LogP contribution >= 0.6 is 11.6 Å². The average Bonchev–Trinajstić information content (AvgIpc) is 2.56. The van der Waals surface area contributed by atoms with E-state index in [1.165, 1.54) is 0 Å². The number of nitrogens with zero attached hydrogens (tertiary/aromatic N) is 3. The number of aryl methyl sites for hydroxylation is 2. The van der Waals surface area contributed by atoms with E-state index >= 15 is 0 Å². The molecule has 94 valence electrons. The number of nitrogens with two attached hydrogens (primary N) is 1. The van der Waals surface area contributed by atoms with Gasteiger partial charge in [-0.2, -0.15) is 5.10 Å². The first-order chi connectivity index (χ1) is 8.40. The highest BCUT2D eigenvalue weighted by molar-refractivity contribution is 6.31. The smallest absolute Gasteiger partial charge is 0.154 e. The zero-order valence-corrected chi connectivity index (χ0v) is 11.2. The number of hydrogen-bond acceptors (Lipinski definition) is 3. The van der Waals surface area contributed by atoms with Gasteiger partial charge in [-0.15, -0.1) is 0 Å². The SMILES string of the molecule is Cc1cc(C(=N)N)cc(-n2nc(C)c(Cl)c2C)n1. The van der Waals surface area contributed by atoms with Gasteiger partial charge in [0.1, 0.15) is 5.84 Å². The van der Waals surface area contributed by atoms with Crippen LogP contribution in [0.4, 0.5) is 0 Å². The fourth-order valence-corrected chi connectivity index (χ4v) is 1.88. The minimum Gasteiger partial charge on any atom is -0.384 e. The zero-order valence-electron chi connectivity index (χ0n) is 10.5. The molecule has 18 heavy (non-hydrogen) atoms. The molecule has 0 fully saturated rings. The first kappa shape index (κ1) is 12.6. The predicted octanol–water partition coefficient (Wildman–Crippen LogP) is 2.13. The summed E-state index contributed by atoms with van der Waals surface area (Å²) in [5, 5.41) is 12.4. The van der Waals surface area contributed by atoms with Crippen LogP contribution in [-0.4, -0.2) is 20.6 Å². The van der Waals surface area contributed by atoms with E-state index in [1.54, 1.807) is 16.8 Å². The first-order valence-corrected chi connectivity index (χ1v) is 5.83. The van der Waals surface area contributed by atoms with Crippen molar-refractivity contribution < 1.29 is 0 Å². The molecule has 0 aliphatic heterocycles. The van der Waals surface area contributed by atoms with Crippen molar-refractivity contribution in [1.29, 1.82) is 5.41 Å². The Morgan fingerprint density at radius 2 is 2.00 bits per heavy atom. The topological polar surface area (TPSA) is 80.6 Å². The van der Waals surface area contributed by atoms with Gasteiger partial charge in [0.25, 0.3) is 0 Å². The highest BCUT2D eigenvalue weighted by Crippen LogP contribution is 2.22. The molecule has 2 aromatic heterocycles. The van der Waals surface area contributed by atoms with Crippen LogP contribution in [0.25, 0.3) is 5.82 Å². The Hall–Kier alpha value is -1.88. The molecule has 0 bridgehead atoms. The lowest BCUT2D eigenvalue weighted by molar-refractivity contribution is 0.801. The van der Waals surface area contributed by atoms with E-state index in [4.69, 9.17) is 22.7 Å². The number of nitrogens with one attached hydrogen (secondary N) is 1. The first-order valence-electron chi connectivity index (χ1n) is 5.45. The van der Waals surface area contributed by atoms with Crippen LogP contribution in [0.5, 0.6) is 0 Å². The molecule has 5 nitrogen and oxygen atoms in total. The summed E-state index contributed by atoms with van der Waals surface area (Å²) in [4.78, 5) is 4.39. The molecule has 2 heterocycles. The third kappa shape index (κ3) is 2.09. The van der Waals surface area contributed by atoms with Crippen molar-refractivity contribution in [2.24, 2.45) is 5.73 Å². The van der Waals surface area contributed by atoms with Crippen molar-refractivity contribution in [3.63, 3.8) is 0 Å². The Balaban J connectivity index is 2.63. The van der Waals surface area contributed by atoms with Gasteiger partial charge in [0.15, 0.2) is 5.82 Å². The van der Waals surface area contributed by atoms with Crippen molar-refractivity contribution in [2.45, 2.75) is 20.8 Å². The summed E-state index contributed by atoms with van der Waals surface area (Å²) in [5.74, 6) is 0.627. The van der Waals surface area contributed by atoms with Crippen LogP contribution in [0, 0.1) is 26.2 Å². The zero-order chi connectivity index (χ0) is 13.4. The van der Waals surface area contributed by atoms with Gasteiger partial charge in [-0.1, -0.05) is 11.6 Å². The second-order valence-corrected chi connectivity index (χ2v) is 4.54. The summed E-state index contributed by atoms with van der Waals surface area (Å²) in [5.41, 5.74) is 8.48. The van der Waals surface area contributed by atoms with E-state index in [2.05, 4.69) is 10.1 Å². The lowest BCUT2D eigenvalue weighted by atomic mass is 10.2. The maximum atomic E-state index is 7.49. The number of hydrogen-bond donors (Lipinski definition) is 2. The maximum absolute atomic E-state index is 7.49. The molecule has 0 aliphatic rings. The van der Waals surface area contributed by atoms with Gasteiger partial charge in [0, 0.05) is 11.3 Å². The summed E-state index contributed by atoms with van der Waals surface area (Å²) < 4.78 is 1.66. The molecule has 0 spiro atoms. The molecule has 0 saturated carbocycles. The summed E-state index contributed by atoms with van der Waals surface area (Å²) in [6, 6.07) is 3.49. The van der Waals surface area contributed by atoms with Crippen LogP contribution in [0.1, 0.15) is 22.6 Å². The van der Waals surface area contributed by atoms with Gasteiger partial charge in [0.05, 0.1) is 16.4 Å². The number of nitrogen functional groups attached to an aromatic ring is 1. The van der Waals surface area contributed by atoms with Gasteiger partial charge in [-0.3, -0.25) is 5.41 Å². The lowest BCUT2D eigenvalue weighted by Crippen LogP contribution is -2.13. The highest BCUT2D eigenvalue weighted by atomic mass is 35.5. The molecule has 3 N–H and O–H groups in total. The molecular weight excluding hydrogens is 250 g/mol. The van der Waals surface area contributed by atoms with Crippen LogP contribution in [-0.2, 0) is 0 Å². The molecule has 0 amide bonds. The van der Waals surface area contributed by atoms with E-state index in [0.717, 1.165) is 17.1 Å². The van der Waals surface area contributed by atoms with Gasteiger partial charge >= 0.3 is 0 Å². The minimum absolute atomic E-state index is 0.00868. The molecule has 0 saturated heterocycles. The summed E-state index contributed by atoms with van der Waals surface area (Å²) in [6.45, 7) is 5.57. The number of pyridine rings is 1. The van der Waals surface area contributed by atoms with Crippen LogP contribution in [0.15, 0.2) is 12.1 Å². The van der Waals surface area contributed by atoms with Gasteiger partial charge in [0.2, 0.25) is 0 Å². The Morgan fingerprint density at radius 1 is 1.33 bits per heavy atom. The fourth-order valence-electron chi connectivity index (χ4n) is 1.76. The third-order valence-electron chi connectivity index (χ3n) is 2.67. The Morgan fingerprint density at radius 3 is 2.50 bits per heavy atom. The maximum Gasteiger partial charge on any atom is 0.154 e. The van der Waals surface area contributed by atoms with Crippen molar-refractivity contribution in [3.05, 3.63) is 39.8 Å². The second-order valence-electron chi connectivity index (χ2n) is 4.17. The van der Waals surface area contributed by atoms with Crippen LogP contribution < -0.4 is 5.73 Å². The van der Waals surface area contributed by atoms with E-state index in [9.17, 15) is 0 Å². The molecule has 0 aliphatic carbocycles. The normalized spacial score (nSPS) is 10.7. The Labute approximate surface area is 110 Å². The van der Waals surface area contributed by atoms with Crippen molar-refractivity contribution in [1.82, 2.24) is 14.8 Å². The quantitative estimate of drug-likeness (QED) is 0.643. The largest absolute Gasteiger partial charge is 0.384 e. The molecule has 0 radical (unpaired) electrons. The molecule has 2 aromatic rings. The van der Waals surface area contributed by atoms with Crippen molar-refractivity contribution in [3.8, 4) is 5.82 Å². The Kier molecular flexibility index (Phi) is 3.09. The monoisotopic (exact) mass is 263 g/mol. The van der Waals surface area contributed by atoms with E-state index in [-0.39, 0.29) is 5.84 Å². The van der Waals surface area contributed by atoms with E-state index in [0.29, 0.717) is 16.4 Å². The van der Waals surface area contributed by atoms with Gasteiger partial charge in [-0.25, -0.2) is 9.67 Å². The average molecular weight is 264 g/mol. The number of halogens is 1. The number of amidine groups is 1. The lowest BCUT2D eigenvalue weighted by Gasteiger charge is -2.07. The number of aromatic nitrogens is 3. The van der Waals surface area contributed by atoms with Crippen LogP contribution in [0.2, 0.25) is 5.02 Å². The predicted molar refractivity (Wildman–Crippen MR) is 71.6 cm³/mol. The van der Waals surface area contributed by atoms with E-state index in [1.807, 2.05) is 20.8 Å². The van der Waals surface area contributed by atoms with Crippen LogP contribution in [0.3, 0.4) is 0 Å². The van der Waals surface area contributed by atoms with Crippen molar-refractivity contribution >= 4 is 17.4 Å². The summed E-state index contributed by atoms with van der Waals surface area (Å²) >= 11 is 6.11. The molecule has 6 heteroatoms.